The average molecular weight is 258 g/mol. The van der Waals surface area contributed by atoms with Crippen molar-refractivity contribution < 1.29 is 9.84 Å². The summed E-state index contributed by atoms with van der Waals surface area (Å²) < 4.78 is 5.58. The standard InChI is InChI=1S/C12H18O2S2/c1-2-9-3-4-10(16-9)7-11(13)12-8-15-6-5-14-12/h3-4,11-13H,2,5-8H2,1H3. The van der Waals surface area contributed by atoms with Gasteiger partial charge in [-0.2, -0.15) is 11.8 Å². The van der Waals surface area contributed by atoms with Gasteiger partial charge in [-0.15, -0.1) is 11.3 Å². The largest absolute Gasteiger partial charge is 0.390 e. The first-order chi connectivity index (χ1) is 7.79. The van der Waals surface area contributed by atoms with Crippen LogP contribution in [0.3, 0.4) is 0 Å². The van der Waals surface area contributed by atoms with Crippen molar-refractivity contribution >= 4 is 23.1 Å². The van der Waals surface area contributed by atoms with Crippen LogP contribution in [0.25, 0.3) is 0 Å². The number of rotatable bonds is 4. The molecule has 16 heavy (non-hydrogen) atoms. The molecule has 1 fully saturated rings. The van der Waals surface area contributed by atoms with E-state index in [9.17, 15) is 5.11 Å². The van der Waals surface area contributed by atoms with E-state index in [0.29, 0.717) is 0 Å². The van der Waals surface area contributed by atoms with E-state index in [4.69, 9.17) is 4.74 Å². The first-order valence-corrected chi connectivity index (χ1v) is 7.71. The molecule has 0 radical (unpaired) electrons. The van der Waals surface area contributed by atoms with Crippen molar-refractivity contribution in [2.75, 3.05) is 18.1 Å². The lowest BCUT2D eigenvalue weighted by Crippen LogP contribution is -2.36. The number of aliphatic hydroxyl groups is 1. The minimum absolute atomic E-state index is 0.0194. The smallest absolute Gasteiger partial charge is 0.0927 e. The molecule has 0 spiro atoms. The first kappa shape index (κ1) is 12.4. The third-order valence-electron chi connectivity index (χ3n) is 2.75. The van der Waals surface area contributed by atoms with Crippen molar-refractivity contribution in [1.82, 2.24) is 0 Å². The Balaban J connectivity index is 1.87. The van der Waals surface area contributed by atoms with Crippen molar-refractivity contribution in [3.63, 3.8) is 0 Å². The molecule has 0 aromatic carbocycles. The molecule has 0 bridgehead atoms. The van der Waals surface area contributed by atoms with Gasteiger partial charge in [0.1, 0.15) is 0 Å². The lowest BCUT2D eigenvalue weighted by atomic mass is 10.1. The Morgan fingerprint density at radius 3 is 2.94 bits per heavy atom. The number of hydrogen-bond acceptors (Lipinski definition) is 4. The van der Waals surface area contributed by atoms with Crippen LogP contribution in [0.15, 0.2) is 12.1 Å². The Bertz CT molecular complexity index is 319. The van der Waals surface area contributed by atoms with Crippen LogP contribution in [0.2, 0.25) is 0 Å². The van der Waals surface area contributed by atoms with Gasteiger partial charge in [-0.25, -0.2) is 0 Å². The molecule has 90 valence electrons. The summed E-state index contributed by atoms with van der Waals surface area (Å²) in [4.78, 5) is 2.66. The van der Waals surface area contributed by atoms with Gasteiger partial charge in [0.25, 0.3) is 0 Å². The third kappa shape index (κ3) is 3.23. The molecule has 2 atom stereocenters. The molecule has 0 saturated carbocycles. The van der Waals surface area contributed by atoms with Crippen LogP contribution >= 0.6 is 23.1 Å². The minimum atomic E-state index is -0.351. The second-order valence-corrected chi connectivity index (χ2v) is 6.38. The quantitative estimate of drug-likeness (QED) is 0.899. The molecular weight excluding hydrogens is 240 g/mol. The van der Waals surface area contributed by atoms with E-state index < -0.39 is 0 Å². The molecular formula is C12H18O2S2. The van der Waals surface area contributed by atoms with Gasteiger partial charge < -0.3 is 9.84 Å². The normalized spacial score (nSPS) is 23.2. The minimum Gasteiger partial charge on any atom is -0.390 e. The SMILES string of the molecule is CCc1ccc(CC(O)C2CSCCO2)s1. The van der Waals surface area contributed by atoms with Gasteiger partial charge >= 0.3 is 0 Å². The van der Waals surface area contributed by atoms with Crippen molar-refractivity contribution in [3.8, 4) is 0 Å². The Hall–Kier alpha value is -0.0300. The molecule has 1 N–H and O–H groups in total. The molecule has 1 aliphatic rings. The average Bonchev–Trinajstić information content (AvgIpc) is 2.78. The van der Waals surface area contributed by atoms with Crippen LogP contribution in [-0.4, -0.2) is 35.4 Å². The summed E-state index contributed by atoms with van der Waals surface area (Å²) in [5.41, 5.74) is 0. The van der Waals surface area contributed by atoms with E-state index in [1.54, 1.807) is 11.3 Å². The van der Waals surface area contributed by atoms with Crippen molar-refractivity contribution in [1.29, 1.82) is 0 Å². The van der Waals surface area contributed by atoms with Crippen LogP contribution in [0.5, 0.6) is 0 Å². The number of thiophene rings is 1. The summed E-state index contributed by atoms with van der Waals surface area (Å²) in [5.74, 6) is 1.98. The van der Waals surface area contributed by atoms with E-state index in [-0.39, 0.29) is 12.2 Å². The monoisotopic (exact) mass is 258 g/mol. The predicted molar refractivity (Wildman–Crippen MR) is 70.5 cm³/mol. The van der Waals surface area contributed by atoms with E-state index in [2.05, 4.69) is 19.1 Å². The molecule has 1 aromatic rings. The number of ether oxygens (including phenoxy) is 1. The summed E-state index contributed by atoms with van der Waals surface area (Å²) in [6.07, 6.45) is 1.48. The Morgan fingerprint density at radius 1 is 1.50 bits per heavy atom. The fraction of sp³-hybridized carbons (Fsp3) is 0.667. The van der Waals surface area contributed by atoms with Gasteiger partial charge in [0, 0.05) is 27.7 Å². The highest BCUT2D eigenvalue weighted by Crippen LogP contribution is 2.22. The number of aliphatic hydroxyl groups excluding tert-OH is 1. The van der Waals surface area contributed by atoms with Crippen molar-refractivity contribution in [3.05, 3.63) is 21.9 Å². The molecule has 2 rings (SSSR count). The Morgan fingerprint density at radius 2 is 2.31 bits per heavy atom. The van der Waals surface area contributed by atoms with Crippen LogP contribution in [-0.2, 0) is 17.6 Å². The van der Waals surface area contributed by atoms with E-state index >= 15 is 0 Å². The van der Waals surface area contributed by atoms with Gasteiger partial charge in [-0.05, 0) is 18.6 Å². The van der Waals surface area contributed by atoms with Gasteiger partial charge in [-0.1, -0.05) is 6.92 Å². The van der Waals surface area contributed by atoms with E-state index in [0.717, 1.165) is 31.0 Å². The van der Waals surface area contributed by atoms with Gasteiger partial charge in [0.15, 0.2) is 0 Å². The summed E-state index contributed by atoms with van der Waals surface area (Å²) in [6.45, 7) is 2.93. The van der Waals surface area contributed by atoms with Crippen LogP contribution < -0.4 is 0 Å². The van der Waals surface area contributed by atoms with Gasteiger partial charge in [0.2, 0.25) is 0 Å². The van der Waals surface area contributed by atoms with Crippen LogP contribution in [0.4, 0.5) is 0 Å². The molecule has 1 aromatic heterocycles. The lowest BCUT2D eigenvalue weighted by Gasteiger charge is -2.26. The highest BCUT2D eigenvalue weighted by Gasteiger charge is 2.23. The zero-order valence-electron chi connectivity index (χ0n) is 9.52. The highest BCUT2D eigenvalue weighted by atomic mass is 32.2. The Labute approximate surface area is 105 Å². The van der Waals surface area contributed by atoms with Crippen molar-refractivity contribution in [2.24, 2.45) is 0 Å². The number of hydrogen-bond donors (Lipinski definition) is 1. The van der Waals surface area contributed by atoms with Gasteiger partial charge in [-0.3, -0.25) is 0 Å². The fourth-order valence-electron chi connectivity index (χ4n) is 1.79. The molecule has 4 heteroatoms. The van der Waals surface area contributed by atoms with Crippen LogP contribution in [0.1, 0.15) is 16.7 Å². The summed E-state index contributed by atoms with van der Waals surface area (Å²) in [6, 6.07) is 4.28. The number of aryl methyl sites for hydroxylation is 1. The lowest BCUT2D eigenvalue weighted by molar-refractivity contribution is -0.0204. The van der Waals surface area contributed by atoms with Crippen LogP contribution in [0, 0.1) is 0 Å². The molecule has 0 amide bonds. The van der Waals surface area contributed by atoms with Gasteiger partial charge in [0.05, 0.1) is 18.8 Å². The second-order valence-electron chi connectivity index (χ2n) is 3.98. The molecule has 2 heterocycles. The maximum absolute atomic E-state index is 10.1. The van der Waals surface area contributed by atoms with Crippen molar-refractivity contribution in [2.45, 2.75) is 32.0 Å². The molecule has 1 saturated heterocycles. The maximum atomic E-state index is 10.1. The molecule has 0 aliphatic carbocycles. The Kier molecular flexibility index (Phi) is 4.70. The molecule has 1 aliphatic heterocycles. The summed E-state index contributed by atoms with van der Waals surface area (Å²) in [5, 5.41) is 10.1. The zero-order chi connectivity index (χ0) is 11.4. The second kappa shape index (κ2) is 6.05. The molecule has 2 nitrogen and oxygen atoms in total. The molecule has 2 unspecified atom stereocenters. The predicted octanol–water partition coefficient (Wildman–Crippen LogP) is 2.35. The van der Waals surface area contributed by atoms with E-state index in [1.807, 2.05) is 11.8 Å². The van der Waals surface area contributed by atoms with E-state index in [1.165, 1.54) is 9.75 Å². The number of thioether (sulfide) groups is 1. The first-order valence-electron chi connectivity index (χ1n) is 5.74. The summed E-state index contributed by atoms with van der Waals surface area (Å²) >= 11 is 3.67. The topological polar surface area (TPSA) is 29.5 Å². The summed E-state index contributed by atoms with van der Waals surface area (Å²) in [7, 11) is 0. The maximum Gasteiger partial charge on any atom is 0.0927 e. The highest BCUT2D eigenvalue weighted by molar-refractivity contribution is 7.99. The zero-order valence-corrected chi connectivity index (χ0v) is 11.1. The fourth-order valence-corrected chi connectivity index (χ4v) is 3.73. The third-order valence-corrected chi connectivity index (χ3v) is 5.02.